The van der Waals surface area contributed by atoms with Gasteiger partial charge >= 0.3 is 0 Å². The largest absolute Gasteiger partial charge is 0.383 e. The Bertz CT molecular complexity index is 165. The van der Waals surface area contributed by atoms with Crippen LogP contribution in [0.1, 0.15) is 26.7 Å². The van der Waals surface area contributed by atoms with Gasteiger partial charge in [-0.25, -0.2) is 0 Å². The van der Waals surface area contributed by atoms with Gasteiger partial charge in [0.05, 0.1) is 12.7 Å². The van der Waals surface area contributed by atoms with Crippen LogP contribution < -0.4 is 0 Å². The Morgan fingerprint density at radius 3 is 2.64 bits per heavy atom. The van der Waals surface area contributed by atoms with Crippen LogP contribution in [0.4, 0.5) is 0 Å². The van der Waals surface area contributed by atoms with Crippen molar-refractivity contribution in [3.05, 3.63) is 0 Å². The Labute approximate surface area is 87.7 Å². The highest BCUT2D eigenvalue weighted by Gasteiger charge is 2.07. The van der Waals surface area contributed by atoms with Crippen LogP contribution in [0.25, 0.3) is 0 Å². The van der Waals surface area contributed by atoms with Gasteiger partial charge in [-0.1, -0.05) is 20.3 Å². The molecule has 0 aliphatic rings. The van der Waals surface area contributed by atoms with E-state index >= 15 is 0 Å². The molecule has 0 saturated heterocycles. The summed E-state index contributed by atoms with van der Waals surface area (Å²) in [4.78, 5) is 2.31. The number of nitriles is 1. The van der Waals surface area contributed by atoms with Crippen molar-refractivity contribution in [3.8, 4) is 6.07 Å². The van der Waals surface area contributed by atoms with Gasteiger partial charge in [0.25, 0.3) is 0 Å². The number of rotatable bonds is 8. The van der Waals surface area contributed by atoms with Crippen molar-refractivity contribution in [2.24, 2.45) is 5.92 Å². The van der Waals surface area contributed by atoms with Crippen LogP contribution in [0.5, 0.6) is 0 Å². The number of methoxy groups -OCH3 is 1. The molecule has 0 aliphatic heterocycles. The first-order chi connectivity index (χ1) is 6.74. The molecule has 1 unspecified atom stereocenters. The van der Waals surface area contributed by atoms with Gasteiger partial charge in [0.1, 0.15) is 0 Å². The molecule has 14 heavy (non-hydrogen) atoms. The van der Waals surface area contributed by atoms with E-state index in [9.17, 15) is 0 Å². The molecular weight excluding hydrogens is 176 g/mol. The third kappa shape index (κ3) is 6.88. The maximum Gasteiger partial charge on any atom is 0.0635 e. The van der Waals surface area contributed by atoms with Crippen LogP contribution in [0.15, 0.2) is 0 Å². The van der Waals surface area contributed by atoms with E-state index in [2.05, 4.69) is 24.8 Å². The minimum Gasteiger partial charge on any atom is -0.383 e. The molecule has 0 spiro atoms. The number of nitrogens with zero attached hydrogens (tertiary/aromatic N) is 2. The van der Waals surface area contributed by atoms with E-state index in [1.807, 2.05) is 0 Å². The molecule has 0 fully saturated rings. The highest BCUT2D eigenvalue weighted by molar-refractivity contribution is 4.73. The lowest BCUT2D eigenvalue weighted by Gasteiger charge is -2.23. The van der Waals surface area contributed by atoms with Crippen LogP contribution in [0, 0.1) is 17.2 Å². The zero-order chi connectivity index (χ0) is 10.8. The second kappa shape index (κ2) is 8.98. The molecule has 0 radical (unpaired) electrons. The molecule has 3 nitrogen and oxygen atoms in total. The Hall–Kier alpha value is -0.590. The lowest BCUT2D eigenvalue weighted by Crippen LogP contribution is -2.32. The Balaban J connectivity index is 3.78. The van der Waals surface area contributed by atoms with Gasteiger partial charge in [0.15, 0.2) is 0 Å². The molecule has 1 atom stereocenters. The van der Waals surface area contributed by atoms with E-state index in [0.29, 0.717) is 12.3 Å². The Morgan fingerprint density at radius 2 is 2.14 bits per heavy atom. The number of hydrogen-bond donors (Lipinski definition) is 0. The SMILES string of the molecule is CCC(C)CN(CCC#N)CCOC. The standard InChI is InChI=1S/C11H22N2O/c1-4-11(2)10-13(7-5-6-12)8-9-14-3/h11H,4-5,7-10H2,1-3H3. The van der Waals surface area contributed by atoms with Gasteiger partial charge in [-0.2, -0.15) is 5.26 Å². The fourth-order valence-corrected chi connectivity index (χ4v) is 1.29. The Kier molecular flexibility index (Phi) is 8.61. The van der Waals surface area contributed by atoms with Crippen LogP contribution in [0.3, 0.4) is 0 Å². The molecule has 0 heterocycles. The van der Waals surface area contributed by atoms with Crippen molar-refractivity contribution in [3.63, 3.8) is 0 Å². The molecule has 0 aliphatic carbocycles. The summed E-state index contributed by atoms with van der Waals surface area (Å²) in [6.45, 7) is 8.06. The summed E-state index contributed by atoms with van der Waals surface area (Å²) in [5.74, 6) is 0.700. The first-order valence-electron chi connectivity index (χ1n) is 5.32. The molecule has 0 aromatic heterocycles. The lowest BCUT2D eigenvalue weighted by molar-refractivity contribution is 0.139. The average molecular weight is 198 g/mol. The van der Waals surface area contributed by atoms with Crippen molar-refractivity contribution in [2.45, 2.75) is 26.7 Å². The van der Waals surface area contributed by atoms with E-state index in [0.717, 1.165) is 26.2 Å². The number of hydrogen-bond acceptors (Lipinski definition) is 3. The summed E-state index contributed by atoms with van der Waals surface area (Å²) in [6.07, 6.45) is 1.80. The first-order valence-corrected chi connectivity index (χ1v) is 5.32. The molecular formula is C11H22N2O. The quantitative estimate of drug-likeness (QED) is 0.597. The topological polar surface area (TPSA) is 36.3 Å². The van der Waals surface area contributed by atoms with Crippen LogP contribution in [-0.2, 0) is 4.74 Å². The van der Waals surface area contributed by atoms with Gasteiger partial charge in [-0.15, -0.1) is 0 Å². The highest BCUT2D eigenvalue weighted by Crippen LogP contribution is 2.04. The second-order valence-electron chi connectivity index (χ2n) is 3.71. The first kappa shape index (κ1) is 13.4. The second-order valence-corrected chi connectivity index (χ2v) is 3.71. The normalized spacial score (nSPS) is 12.8. The molecule has 0 aromatic rings. The fourth-order valence-electron chi connectivity index (χ4n) is 1.29. The summed E-state index contributed by atoms with van der Waals surface area (Å²) in [7, 11) is 1.71. The van der Waals surface area contributed by atoms with E-state index in [4.69, 9.17) is 10.00 Å². The van der Waals surface area contributed by atoms with Gasteiger partial charge in [-0.3, -0.25) is 4.90 Å². The summed E-state index contributed by atoms with van der Waals surface area (Å²) < 4.78 is 5.04. The smallest absolute Gasteiger partial charge is 0.0635 e. The van der Waals surface area contributed by atoms with Crippen molar-refractivity contribution in [1.29, 1.82) is 5.26 Å². The van der Waals surface area contributed by atoms with E-state index in [1.165, 1.54) is 6.42 Å². The molecule has 0 amide bonds. The van der Waals surface area contributed by atoms with Gasteiger partial charge < -0.3 is 4.74 Å². The molecule has 3 heteroatoms. The maximum atomic E-state index is 8.52. The summed E-state index contributed by atoms with van der Waals surface area (Å²) >= 11 is 0. The van der Waals surface area contributed by atoms with E-state index in [1.54, 1.807) is 7.11 Å². The predicted octanol–water partition coefficient (Wildman–Crippen LogP) is 1.89. The predicted molar refractivity (Wildman–Crippen MR) is 58.0 cm³/mol. The van der Waals surface area contributed by atoms with Gasteiger partial charge in [-0.05, 0) is 5.92 Å². The minimum atomic E-state index is 0.611. The van der Waals surface area contributed by atoms with Gasteiger partial charge in [0, 0.05) is 33.2 Å². The van der Waals surface area contributed by atoms with Crippen LogP contribution in [-0.4, -0.2) is 38.3 Å². The summed E-state index contributed by atoms with van der Waals surface area (Å²) in [6, 6.07) is 2.18. The van der Waals surface area contributed by atoms with Crippen molar-refractivity contribution in [1.82, 2.24) is 4.90 Å². The zero-order valence-corrected chi connectivity index (χ0v) is 9.62. The Morgan fingerprint density at radius 1 is 1.43 bits per heavy atom. The molecule has 0 rings (SSSR count). The van der Waals surface area contributed by atoms with E-state index < -0.39 is 0 Å². The highest BCUT2D eigenvalue weighted by atomic mass is 16.5. The third-order valence-electron chi connectivity index (χ3n) is 2.42. The zero-order valence-electron chi connectivity index (χ0n) is 9.62. The van der Waals surface area contributed by atoms with Crippen molar-refractivity contribution < 1.29 is 4.74 Å². The monoisotopic (exact) mass is 198 g/mol. The van der Waals surface area contributed by atoms with Crippen molar-refractivity contribution in [2.75, 3.05) is 33.4 Å². The molecule has 0 aromatic carbocycles. The molecule has 0 N–H and O–H groups in total. The lowest BCUT2D eigenvalue weighted by atomic mass is 10.1. The summed E-state index contributed by atoms with van der Waals surface area (Å²) in [5.41, 5.74) is 0. The fraction of sp³-hybridized carbons (Fsp3) is 0.909. The number of ether oxygens (including phenoxy) is 1. The van der Waals surface area contributed by atoms with Gasteiger partial charge in [0.2, 0.25) is 0 Å². The minimum absolute atomic E-state index is 0.611. The van der Waals surface area contributed by atoms with Crippen LogP contribution >= 0.6 is 0 Å². The van der Waals surface area contributed by atoms with E-state index in [-0.39, 0.29) is 0 Å². The summed E-state index contributed by atoms with van der Waals surface area (Å²) in [5, 5.41) is 8.52. The molecule has 0 bridgehead atoms. The molecule has 82 valence electrons. The van der Waals surface area contributed by atoms with Crippen LogP contribution in [0.2, 0.25) is 0 Å². The maximum absolute atomic E-state index is 8.52. The third-order valence-corrected chi connectivity index (χ3v) is 2.42. The average Bonchev–Trinajstić information content (AvgIpc) is 2.21. The van der Waals surface area contributed by atoms with Crippen molar-refractivity contribution >= 4 is 0 Å². The molecule has 0 saturated carbocycles.